The van der Waals surface area contributed by atoms with E-state index in [-0.39, 0.29) is 5.82 Å². The highest BCUT2D eigenvalue weighted by Gasteiger charge is 2.05. The average Bonchev–Trinajstić information content (AvgIpc) is 2.34. The van der Waals surface area contributed by atoms with E-state index >= 15 is 0 Å². The fourth-order valence-electron chi connectivity index (χ4n) is 1.63. The Morgan fingerprint density at radius 3 is 2.39 bits per heavy atom. The minimum Gasteiger partial charge on any atom is -0.457 e. The molecule has 18 heavy (non-hydrogen) atoms. The summed E-state index contributed by atoms with van der Waals surface area (Å²) in [5.41, 5.74) is 1.69. The largest absolute Gasteiger partial charge is 0.457 e. The van der Waals surface area contributed by atoms with Crippen molar-refractivity contribution in [2.75, 3.05) is 0 Å². The Balaban J connectivity index is 2.21. The Hall–Kier alpha value is -1.87. The third-order valence-electron chi connectivity index (χ3n) is 2.74. The zero-order chi connectivity index (χ0) is 13.1. The van der Waals surface area contributed by atoms with Gasteiger partial charge in [-0.3, -0.25) is 0 Å². The summed E-state index contributed by atoms with van der Waals surface area (Å²) >= 11 is 0. The van der Waals surface area contributed by atoms with Crippen LogP contribution in [0.15, 0.2) is 42.5 Å². The molecule has 0 saturated heterocycles. The number of halogens is 1. The van der Waals surface area contributed by atoms with Crippen LogP contribution >= 0.6 is 0 Å². The predicted molar refractivity (Wildman–Crippen MR) is 68.3 cm³/mol. The molecule has 0 bridgehead atoms. The summed E-state index contributed by atoms with van der Waals surface area (Å²) in [6.07, 6.45) is -0.505. The standard InChI is InChI=1S/C15H15FO2/c1-10-3-6-13(16)9-15(10)18-14-7-4-12(5-8-14)11(2)17/h3-9,11,17H,1-2H3. The molecule has 0 heterocycles. The summed E-state index contributed by atoms with van der Waals surface area (Å²) in [7, 11) is 0. The van der Waals surface area contributed by atoms with Crippen molar-refractivity contribution in [2.45, 2.75) is 20.0 Å². The molecule has 0 aliphatic heterocycles. The van der Waals surface area contributed by atoms with Gasteiger partial charge < -0.3 is 9.84 Å². The van der Waals surface area contributed by atoms with Crippen molar-refractivity contribution < 1.29 is 14.2 Å². The molecular formula is C15H15FO2. The van der Waals surface area contributed by atoms with E-state index in [4.69, 9.17) is 4.74 Å². The molecule has 0 aliphatic carbocycles. The van der Waals surface area contributed by atoms with E-state index in [1.807, 2.05) is 6.92 Å². The number of aryl methyl sites for hydroxylation is 1. The zero-order valence-corrected chi connectivity index (χ0v) is 10.4. The lowest BCUT2D eigenvalue weighted by atomic mass is 10.1. The van der Waals surface area contributed by atoms with Crippen LogP contribution in [0.4, 0.5) is 4.39 Å². The highest BCUT2D eigenvalue weighted by Crippen LogP contribution is 2.26. The van der Waals surface area contributed by atoms with Gasteiger partial charge in [-0.15, -0.1) is 0 Å². The second kappa shape index (κ2) is 5.19. The van der Waals surface area contributed by atoms with Gasteiger partial charge in [-0.25, -0.2) is 4.39 Å². The Labute approximate surface area is 106 Å². The van der Waals surface area contributed by atoms with Gasteiger partial charge in [-0.2, -0.15) is 0 Å². The van der Waals surface area contributed by atoms with Crippen LogP contribution in [0, 0.1) is 12.7 Å². The fourth-order valence-corrected chi connectivity index (χ4v) is 1.63. The molecule has 1 N–H and O–H groups in total. The van der Waals surface area contributed by atoms with Crippen molar-refractivity contribution in [2.24, 2.45) is 0 Å². The molecule has 0 amide bonds. The minimum absolute atomic E-state index is 0.323. The molecule has 94 valence electrons. The third-order valence-corrected chi connectivity index (χ3v) is 2.74. The second-order valence-corrected chi connectivity index (χ2v) is 4.26. The Morgan fingerprint density at radius 1 is 1.11 bits per heavy atom. The maximum Gasteiger partial charge on any atom is 0.133 e. The maximum absolute atomic E-state index is 13.1. The first-order valence-corrected chi connectivity index (χ1v) is 5.78. The molecule has 0 saturated carbocycles. The topological polar surface area (TPSA) is 29.5 Å². The van der Waals surface area contributed by atoms with Gasteiger partial charge in [0.2, 0.25) is 0 Å². The van der Waals surface area contributed by atoms with Crippen LogP contribution in [-0.4, -0.2) is 5.11 Å². The molecule has 3 heteroatoms. The van der Waals surface area contributed by atoms with E-state index in [1.54, 1.807) is 37.3 Å². The maximum atomic E-state index is 13.1. The number of rotatable bonds is 3. The van der Waals surface area contributed by atoms with Gasteiger partial charge >= 0.3 is 0 Å². The first kappa shape index (κ1) is 12.6. The average molecular weight is 246 g/mol. The van der Waals surface area contributed by atoms with Gasteiger partial charge in [0.25, 0.3) is 0 Å². The Morgan fingerprint density at radius 2 is 1.78 bits per heavy atom. The molecule has 2 rings (SSSR count). The lowest BCUT2D eigenvalue weighted by molar-refractivity contribution is 0.199. The molecule has 2 aromatic carbocycles. The number of aliphatic hydroxyl groups is 1. The van der Waals surface area contributed by atoms with Gasteiger partial charge in [0.05, 0.1) is 6.10 Å². The quantitative estimate of drug-likeness (QED) is 0.887. The van der Waals surface area contributed by atoms with Crippen LogP contribution in [0.3, 0.4) is 0 Å². The van der Waals surface area contributed by atoms with E-state index in [0.29, 0.717) is 11.5 Å². The minimum atomic E-state index is -0.505. The van der Waals surface area contributed by atoms with Crippen molar-refractivity contribution in [3.63, 3.8) is 0 Å². The van der Waals surface area contributed by atoms with E-state index < -0.39 is 6.10 Å². The number of aliphatic hydroxyl groups excluding tert-OH is 1. The molecule has 1 unspecified atom stereocenters. The van der Waals surface area contributed by atoms with Crippen LogP contribution in [0.5, 0.6) is 11.5 Å². The van der Waals surface area contributed by atoms with Crippen molar-refractivity contribution in [3.8, 4) is 11.5 Å². The summed E-state index contributed by atoms with van der Waals surface area (Å²) in [5, 5.41) is 9.39. The lowest BCUT2D eigenvalue weighted by Gasteiger charge is -2.10. The smallest absolute Gasteiger partial charge is 0.133 e. The summed E-state index contributed by atoms with van der Waals surface area (Å²) < 4.78 is 18.7. The number of ether oxygens (including phenoxy) is 1. The zero-order valence-electron chi connectivity index (χ0n) is 10.4. The second-order valence-electron chi connectivity index (χ2n) is 4.26. The highest BCUT2D eigenvalue weighted by atomic mass is 19.1. The van der Waals surface area contributed by atoms with Crippen molar-refractivity contribution in [1.82, 2.24) is 0 Å². The molecule has 1 atom stereocenters. The first-order valence-electron chi connectivity index (χ1n) is 5.78. The predicted octanol–water partition coefficient (Wildman–Crippen LogP) is 3.98. The van der Waals surface area contributed by atoms with Gasteiger partial charge in [0.15, 0.2) is 0 Å². The van der Waals surface area contributed by atoms with E-state index in [0.717, 1.165) is 11.1 Å². The lowest BCUT2D eigenvalue weighted by Crippen LogP contribution is -1.92. The van der Waals surface area contributed by atoms with Crippen LogP contribution in [0.1, 0.15) is 24.2 Å². The first-order chi connectivity index (χ1) is 8.56. The van der Waals surface area contributed by atoms with E-state index in [2.05, 4.69) is 0 Å². The summed E-state index contributed by atoms with van der Waals surface area (Å²) in [4.78, 5) is 0. The molecule has 2 aromatic rings. The molecule has 0 aliphatic rings. The third kappa shape index (κ3) is 2.87. The van der Waals surface area contributed by atoms with Gasteiger partial charge in [-0.05, 0) is 43.2 Å². The van der Waals surface area contributed by atoms with Crippen LogP contribution in [0.2, 0.25) is 0 Å². The van der Waals surface area contributed by atoms with Crippen molar-refractivity contribution in [3.05, 3.63) is 59.4 Å². The van der Waals surface area contributed by atoms with Gasteiger partial charge in [-0.1, -0.05) is 18.2 Å². The molecule has 0 radical (unpaired) electrons. The molecule has 0 spiro atoms. The van der Waals surface area contributed by atoms with Gasteiger partial charge in [0, 0.05) is 6.07 Å². The normalized spacial score (nSPS) is 12.2. The summed E-state index contributed by atoms with van der Waals surface area (Å²) in [6, 6.07) is 11.5. The molecule has 0 aromatic heterocycles. The Bertz CT molecular complexity index is 533. The molecular weight excluding hydrogens is 231 g/mol. The summed E-state index contributed by atoms with van der Waals surface area (Å²) in [5.74, 6) is 0.795. The van der Waals surface area contributed by atoms with Crippen molar-refractivity contribution >= 4 is 0 Å². The Kier molecular flexibility index (Phi) is 3.63. The molecule has 0 fully saturated rings. The van der Waals surface area contributed by atoms with Crippen molar-refractivity contribution in [1.29, 1.82) is 0 Å². The van der Waals surface area contributed by atoms with E-state index in [1.165, 1.54) is 12.1 Å². The monoisotopic (exact) mass is 246 g/mol. The van der Waals surface area contributed by atoms with Crippen LogP contribution in [0.25, 0.3) is 0 Å². The number of benzene rings is 2. The van der Waals surface area contributed by atoms with Gasteiger partial charge in [0.1, 0.15) is 17.3 Å². The van der Waals surface area contributed by atoms with Crippen LogP contribution in [-0.2, 0) is 0 Å². The number of hydrogen-bond donors (Lipinski definition) is 1. The SMILES string of the molecule is Cc1ccc(F)cc1Oc1ccc(C(C)O)cc1. The summed E-state index contributed by atoms with van der Waals surface area (Å²) in [6.45, 7) is 3.56. The fraction of sp³-hybridized carbons (Fsp3) is 0.200. The highest BCUT2D eigenvalue weighted by molar-refractivity contribution is 5.38. The number of hydrogen-bond acceptors (Lipinski definition) is 2. The van der Waals surface area contributed by atoms with Crippen LogP contribution < -0.4 is 4.74 Å². The molecule has 2 nitrogen and oxygen atoms in total. The van der Waals surface area contributed by atoms with E-state index in [9.17, 15) is 9.50 Å².